The number of aliphatic carboxylic acids is 1. The molecule has 2 unspecified atom stereocenters. The number of ether oxygens (including phenoxy) is 2. The Hall–Kier alpha value is -1.36. The summed E-state index contributed by atoms with van der Waals surface area (Å²) in [6, 6.07) is 0. The fraction of sp³-hybridized carbons (Fsp3) is 0.778. The van der Waals surface area contributed by atoms with Crippen LogP contribution in [-0.2, 0) is 19.1 Å². The largest absolute Gasteiger partial charge is 0.478 e. The van der Waals surface area contributed by atoms with Gasteiger partial charge in [-0.15, -0.1) is 0 Å². The summed E-state index contributed by atoms with van der Waals surface area (Å²) in [7, 11) is 0. The molecule has 0 aromatic carbocycles. The number of hydrogen-bond acceptors (Lipinski definition) is 4. The molecule has 23 heavy (non-hydrogen) atoms. The van der Waals surface area contributed by atoms with E-state index in [4.69, 9.17) is 14.6 Å². The molecule has 0 amide bonds. The quantitative estimate of drug-likeness (QED) is 0.227. The van der Waals surface area contributed by atoms with Crippen LogP contribution in [0.1, 0.15) is 71.1 Å². The van der Waals surface area contributed by atoms with Crippen molar-refractivity contribution >= 4 is 11.9 Å². The van der Waals surface area contributed by atoms with Gasteiger partial charge in [0.15, 0.2) is 0 Å². The SMILES string of the molecule is CCCCCCCCCC1OC1CCCOC(=O)C=CC(=O)O. The summed E-state index contributed by atoms with van der Waals surface area (Å²) in [6.45, 7) is 2.55. The fourth-order valence-corrected chi connectivity index (χ4v) is 2.63. The maximum atomic E-state index is 11.1. The Bertz CT molecular complexity index is 378. The van der Waals surface area contributed by atoms with Crippen LogP contribution in [0.25, 0.3) is 0 Å². The van der Waals surface area contributed by atoms with Gasteiger partial charge in [0.1, 0.15) is 0 Å². The lowest BCUT2D eigenvalue weighted by atomic mass is 10.1. The highest BCUT2D eigenvalue weighted by molar-refractivity contribution is 5.90. The Kier molecular flexibility index (Phi) is 10.4. The first-order valence-corrected chi connectivity index (χ1v) is 8.86. The molecule has 0 aromatic rings. The second kappa shape index (κ2) is 12.1. The monoisotopic (exact) mass is 326 g/mol. The molecule has 0 saturated carbocycles. The summed E-state index contributed by atoms with van der Waals surface area (Å²) in [5.41, 5.74) is 0. The molecule has 0 aromatic heterocycles. The van der Waals surface area contributed by atoms with E-state index < -0.39 is 11.9 Å². The van der Waals surface area contributed by atoms with Crippen LogP contribution in [0.15, 0.2) is 12.2 Å². The molecular weight excluding hydrogens is 296 g/mol. The number of unbranched alkanes of at least 4 members (excludes halogenated alkanes) is 6. The Morgan fingerprint density at radius 1 is 0.957 bits per heavy atom. The van der Waals surface area contributed by atoms with Crippen LogP contribution in [0.2, 0.25) is 0 Å². The highest BCUT2D eigenvalue weighted by Crippen LogP contribution is 2.31. The van der Waals surface area contributed by atoms with Gasteiger partial charge in [0.05, 0.1) is 18.8 Å². The average molecular weight is 326 g/mol. The molecule has 1 aliphatic rings. The Morgan fingerprint density at radius 2 is 1.57 bits per heavy atom. The van der Waals surface area contributed by atoms with E-state index >= 15 is 0 Å². The van der Waals surface area contributed by atoms with Gasteiger partial charge in [-0.25, -0.2) is 9.59 Å². The second-order valence-electron chi connectivity index (χ2n) is 6.10. The van der Waals surface area contributed by atoms with E-state index in [0.717, 1.165) is 31.4 Å². The molecule has 132 valence electrons. The van der Waals surface area contributed by atoms with Gasteiger partial charge in [-0.05, 0) is 19.3 Å². The van der Waals surface area contributed by atoms with Gasteiger partial charge in [-0.1, -0.05) is 51.9 Å². The molecule has 1 heterocycles. The van der Waals surface area contributed by atoms with Crippen molar-refractivity contribution in [3.05, 3.63) is 12.2 Å². The normalized spacial score (nSPS) is 19.9. The van der Waals surface area contributed by atoms with Crippen LogP contribution >= 0.6 is 0 Å². The Morgan fingerprint density at radius 3 is 2.22 bits per heavy atom. The van der Waals surface area contributed by atoms with Crippen molar-refractivity contribution in [3.8, 4) is 0 Å². The number of rotatable bonds is 14. The van der Waals surface area contributed by atoms with Crippen molar-refractivity contribution in [2.75, 3.05) is 6.61 Å². The lowest BCUT2D eigenvalue weighted by molar-refractivity contribution is -0.138. The van der Waals surface area contributed by atoms with Gasteiger partial charge in [0.2, 0.25) is 0 Å². The fourth-order valence-electron chi connectivity index (χ4n) is 2.63. The van der Waals surface area contributed by atoms with Crippen molar-refractivity contribution in [2.45, 2.75) is 83.3 Å². The Balaban J connectivity index is 1.87. The van der Waals surface area contributed by atoms with Crippen LogP contribution in [-0.4, -0.2) is 35.9 Å². The first-order chi connectivity index (χ1) is 11.1. The molecule has 5 heteroatoms. The van der Waals surface area contributed by atoms with Gasteiger partial charge in [-0.2, -0.15) is 0 Å². The summed E-state index contributed by atoms with van der Waals surface area (Å²) < 4.78 is 10.5. The van der Waals surface area contributed by atoms with Crippen molar-refractivity contribution < 1.29 is 24.2 Å². The predicted molar refractivity (Wildman–Crippen MR) is 88.2 cm³/mol. The van der Waals surface area contributed by atoms with Crippen molar-refractivity contribution in [3.63, 3.8) is 0 Å². The highest BCUT2D eigenvalue weighted by atomic mass is 16.6. The predicted octanol–water partition coefficient (Wildman–Crippen LogP) is 3.86. The summed E-state index contributed by atoms with van der Waals surface area (Å²) in [4.78, 5) is 21.4. The summed E-state index contributed by atoms with van der Waals surface area (Å²) in [6.07, 6.45) is 14.4. The van der Waals surface area contributed by atoms with Gasteiger partial charge < -0.3 is 14.6 Å². The number of esters is 1. The minimum atomic E-state index is -1.15. The Labute approximate surface area is 139 Å². The zero-order chi connectivity index (χ0) is 16.9. The van der Waals surface area contributed by atoms with Crippen LogP contribution in [0.5, 0.6) is 0 Å². The lowest BCUT2D eigenvalue weighted by Crippen LogP contribution is -2.05. The summed E-state index contributed by atoms with van der Waals surface area (Å²) >= 11 is 0. The third kappa shape index (κ3) is 10.9. The maximum Gasteiger partial charge on any atom is 0.331 e. The smallest absolute Gasteiger partial charge is 0.331 e. The van der Waals surface area contributed by atoms with Crippen molar-refractivity contribution in [1.82, 2.24) is 0 Å². The molecule has 1 N–H and O–H groups in total. The van der Waals surface area contributed by atoms with Gasteiger partial charge in [-0.3, -0.25) is 0 Å². The molecule has 1 fully saturated rings. The van der Waals surface area contributed by atoms with Crippen LogP contribution in [0.3, 0.4) is 0 Å². The van der Waals surface area contributed by atoms with E-state index in [1.807, 2.05) is 0 Å². The van der Waals surface area contributed by atoms with Crippen molar-refractivity contribution in [1.29, 1.82) is 0 Å². The summed E-state index contributed by atoms with van der Waals surface area (Å²) in [5.74, 6) is -1.76. The molecular formula is C18H30O5. The maximum absolute atomic E-state index is 11.1. The third-order valence-corrected chi connectivity index (χ3v) is 4.02. The molecule has 0 bridgehead atoms. The number of hydrogen-bond donors (Lipinski definition) is 1. The number of epoxide rings is 1. The van der Waals surface area contributed by atoms with Gasteiger partial charge in [0.25, 0.3) is 0 Å². The van der Waals surface area contributed by atoms with Gasteiger partial charge >= 0.3 is 11.9 Å². The van der Waals surface area contributed by atoms with E-state index in [0.29, 0.717) is 18.8 Å². The topological polar surface area (TPSA) is 76.1 Å². The van der Waals surface area contributed by atoms with E-state index in [2.05, 4.69) is 6.92 Å². The number of carboxylic acid groups (broad SMARTS) is 1. The number of carboxylic acids is 1. The molecule has 2 atom stereocenters. The molecule has 0 spiro atoms. The molecule has 1 aliphatic heterocycles. The molecule has 0 aliphatic carbocycles. The third-order valence-electron chi connectivity index (χ3n) is 4.02. The molecule has 1 saturated heterocycles. The van der Waals surface area contributed by atoms with E-state index in [-0.39, 0.29) is 0 Å². The van der Waals surface area contributed by atoms with Gasteiger partial charge in [0, 0.05) is 12.2 Å². The minimum Gasteiger partial charge on any atom is -0.478 e. The van der Waals surface area contributed by atoms with Crippen molar-refractivity contribution in [2.24, 2.45) is 0 Å². The van der Waals surface area contributed by atoms with E-state index in [9.17, 15) is 9.59 Å². The average Bonchev–Trinajstić information content (AvgIpc) is 3.27. The van der Waals surface area contributed by atoms with Crippen LogP contribution in [0.4, 0.5) is 0 Å². The minimum absolute atomic E-state index is 0.312. The molecule has 5 nitrogen and oxygen atoms in total. The molecule has 0 radical (unpaired) electrons. The highest BCUT2D eigenvalue weighted by Gasteiger charge is 2.36. The zero-order valence-electron chi connectivity index (χ0n) is 14.2. The zero-order valence-corrected chi connectivity index (χ0v) is 14.2. The molecule has 1 rings (SSSR count). The van der Waals surface area contributed by atoms with Crippen LogP contribution in [0, 0.1) is 0 Å². The standard InChI is InChI=1S/C18H30O5/c1-2-3-4-5-6-7-8-10-15-16(23-15)11-9-14-22-18(21)13-12-17(19)20/h12-13,15-16H,2-11,14H2,1H3,(H,19,20). The first kappa shape index (κ1) is 19.7. The lowest BCUT2D eigenvalue weighted by Gasteiger charge is -2.01. The number of carbonyl (C=O) groups excluding carboxylic acids is 1. The summed E-state index contributed by atoms with van der Waals surface area (Å²) in [5, 5.41) is 8.38. The number of carbonyl (C=O) groups is 2. The van der Waals surface area contributed by atoms with E-state index in [1.165, 1.54) is 44.9 Å². The van der Waals surface area contributed by atoms with E-state index in [1.54, 1.807) is 0 Å². The first-order valence-electron chi connectivity index (χ1n) is 8.86. The second-order valence-corrected chi connectivity index (χ2v) is 6.10. The van der Waals surface area contributed by atoms with Crippen LogP contribution < -0.4 is 0 Å².